The summed E-state index contributed by atoms with van der Waals surface area (Å²) < 4.78 is 5.38. The smallest absolute Gasteiger partial charge is 0.326 e. The van der Waals surface area contributed by atoms with Gasteiger partial charge in [0.2, 0.25) is 0 Å². The first-order valence-corrected chi connectivity index (χ1v) is 7.04. The molecule has 0 aromatic heterocycles. The first kappa shape index (κ1) is 16.8. The van der Waals surface area contributed by atoms with E-state index in [0.29, 0.717) is 19.1 Å². The zero-order valence-corrected chi connectivity index (χ0v) is 12.8. The Morgan fingerprint density at radius 1 is 1.45 bits per heavy atom. The van der Waals surface area contributed by atoms with Crippen LogP contribution in [0.4, 0.5) is 4.79 Å². The van der Waals surface area contributed by atoms with Crippen LogP contribution in [0.5, 0.6) is 0 Å². The number of carbonyl (C=O) groups is 2. The molecule has 6 heteroatoms. The van der Waals surface area contributed by atoms with E-state index in [0.717, 1.165) is 19.4 Å². The lowest BCUT2D eigenvalue weighted by molar-refractivity contribution is -0.142. The van der Waals surface area contributed by atoms with Gasteiger partial charge in [-0.2, -0.15) is 0 Å². The fraction of sp³-hybridized carbons (Fsp3) is 0.857. The standard InChI is InChI=1S/C14H26N2O4/c1-14(2,3)11(12(17)18)15-13(19)16(4)8-10-6-5-7-20-9-10/h10-11H,5-9H2,1-4H3,(H,15,19)(H,17,18). The van der Waals surface area contributed by atoms with Crippen molar-refractivity contribution < 1.29 is 19.4 Å². The van der Waals surface area contributed by atoms with Gasteiger partial charge in [0, 0.05) is 26.1 Å². The molecule has 1 saturated heterocycles. The Kier molecular flexibility index (Phi) is 5.80. The van der Waals surface area contributed by atoms with Crippen molar-refractivity contribution in [2.45, 2.75) is 39.7 Å². The number of ether oxygens (including phenoxy) is 1. The first-order chi connectivity index (χ1) is 9.21. The third-order valence-corrected chi connectivity index (χ3v) is 3.51. The van der Waals surface area contributed by atoms with Crippen LogP contribution in [0.2, 0.25) is 0 Å². The van der Waals surface area contributed by atoms with Crippen molar-refractivity contribution in [1.82, 2.24) is 10.2 Å². The molecular formula is C14H26N2O4. The van der Waals surface area contributed by atoms with Crippen LogP contribution in [0.3, 0.4) is 0 Å². The SMILES string of the molecule is CN(CC1CCCOC1)C(=O)NC(C(=O)O)C(C)(C)C. The second-order valence-corrected chi connectivity index (χ2v) is 6.55. The first-order valence-electron chi connectivity index (χ1n) is 7.04. The summed E-state index contributed by atoms with van der Waals surface area (Å²) in [7, 11) is 1.69. The Morgan fingerprint density at radius 3 is 2.55 bits per heavy atom. The Hall–Kier alpha value is -1.30. The molecule has 0 spiro atoms. The highest BCUT2D eigenvalue weighted by atomic mass is 16.5. The van der Waals surface area contributed by atoms with E-state index >= 15 is 0 Å². The van der Waals surface area contributed by atoms with Gasteiger partial charge in [-0.3, -0.25) is 0 Å². The van der Waals surface area contributed by atoms with Crippen molar-refractivity contribution in [1.29, 1.82) is 0 Å². The predicted octanol–water partition coefficient (Wildman–Crippen LogP) is 1.55. The summed E-state index contributed by atoms with van der Waals surface area (Å²) in [5.41, 5.74) is -0.531. The van der Waals surface area contributed by atoms with Gasteiger partial charge in [0.05, 0.1) is 6.61 Å². The summed E-state index contributed by atoms with van der Waals surface area (Å²) in [6.45, 7) is 7.42. The van der Waals surface area contributed by atoms with Crippen LogP contribution in [0.15, 0.2) is 0 Å². The summed E-state index contributed by atoms with van der Waals surface area (Å²) >= 11 is 0. The van der Waals surface area contributed by atoms with Crippen LogP contribution in [-0.4, -0.2) is 54.9 Å². The number of nitrogens with one attached hydrogen (secondary N) is 1. The number of hydrogen-bond donors (Lipinski definition) is 2. The molecule has 1 aliphatic heterocycles. The van der Waals surface area contributed by atoms with E-state index in [1.54, 1.807) is 32.7 Å². The molecule has 2 unspecified atom stereocenters. The van der Waals surface area contributed by atoms with Crippen LogP contribution < -0.4 is 5.32 Å². The van der Waals surface area contributed by atoms with Crippen molar-refractivity contribution >= 4 is 12.0 Å². The van der Waals surface area contributed by atoms with Gasteiger partial charge in [0.15, 0.2) is 0 Å². The normalized spacial score (nSPS) is 21.1. The Balaban J connectivity index is 2.53. The molecular weight excluding hydrogens is 260 g/mol. The Bertz CT molecular complexity index is 346. The molecule has 116 valence electrons. The molecule has 6 nitrogen and oxygen atoms in total. The number of aliphatic carboxylic acids is 1. The van der Waals surface area contributed by atoms with Gasteiger partial charge < -0.3 is 20.1 Å². The van der Waals surface area contributed by atoms with E-state index in [1.807, 2.05) is 0 Å². The summed E-state index contributed by atoms with van der Waals surface area (Å²) in [5, 5.41) is 11.8. The quantitative estimate of drug-likeness (QED) is 0.822. The average Bonchev–Trinajstić information content (AvgIpc) is 2.34. The topological polar surface area (TPSA) is 78.9 Å². The molecule has 20 heavy (non-hydrogen) atoms. The van der Waals surface area contributed by atoms with Crippen molar-refractivity contribution in [3.8, 4) is 0 Å². The second kappa shape index (κ2) is 6.92. The molecule has 0 aromatic rings. The number of amides is 2. The van der Waals surface area contributed by atoms with E-state index in [-0.39, 0.29) is 6.03 Å². The number of rotatable bonds is 4. The fourth-order valence-corrected chi connectivity index (χ4v) is 2.30. The number of carboxylic acids is 1. The van der Waals surface area contributed by atoms with E-state index in [1.165, 1.54) is 0 Å². The minimum atomic E-state index is -1.01. The van der Waals surface area contributed by atoms with Crippen molar-refractivity contribution in [3.05, 3.63) is 0 Å². The van der Waals surface area contributed by atoms with Crippen molar-refractivity contribution in [3.63, 3.8) is 0 Å². The predicted molar refractivity (Wildman–Crippen MR) is 75.6 cm³/mol. The van der Waals surface area contributed by atoms with E-state index < -0.39 is 17.4 Å². The summed E-state index contributed by atoms with van der Waals surface area (Å²) in [6.07, 6.45) is 2.05. The van der Waals surface area contributed by atoms with Crippen LogP contribution in [0.25, 0.3) is 0 Å². The van der Waals surface area contributed by atoms with Crippen molar-refractivity contribution in [2.75, 3.05) is 26.8 Å². The average molecular weight is 286 g/mol. The van der Waals surface area contributed by atoms with Gasteiger partial charge in [-0.25, -0.2) is 9.59 Å². The fourth-order valence-electron chi connectivity index (χ4n) is 2.30. The molecule has 0 aliphatic carbocycles. The third kappa shape index (κ3) is 5.00. The Morgan fingerprint density at radius 2 is 2.10 bits per heavy atom. The maximum atomic E-state index is 12.1. The van der Waals surface area contributed by atoms with E-state index in [4.69, 9.17) is 4.74 Å². The molecule has 2 N–H and O–H groups in total. The van der Waals surface area contributed by atoms with Gasteiger partial charge in [-0.05, 0) is 18.3 Å². The second-order valence-electron chi connectivity index (χ2n) is 6.55. The van der Waals surface area contributed by atoms with E-state index in [9.17, 15) is 14.7 Å². The monoisotopic (exact) mass is 286 g/mol. The molecule has 0 radical (unpaired) electrons. The number of carbonyl (C=O) groups excluding carboxylic acids is 1. The lowest BCUT2D eigenvalue weighted by atomic mass is 9.87. The highest BCUT2D eigenvalue weighted by Crippen LogP contribution is 2.20. The minimum absolute atomic E-state index is 0.331. The number of hydrogen-bond acceptors (Lipinski definition) is 3. The zero-order chi connectivity index (χ0) is 15.3. The summed E-state index contributed by atoms with van der Waals surface area (Å²) in [4.78, 5) is 24.9. The highest BCUT2D eigenvalue weighted by Gasteiger charge is 2.33. The maximum absolute atomic E-state index is 12.1. The number of carboxylic acid groups (broad SMARTS) is 1. The minimum Gasteiger partial charge on any atom is -0.480 e. The summed E-state index contributed by atoms with van der Waals surface area (Å²) in [6, 6.07) is -1.25. The molecule has 1 aliphatic rings. The third-order valence-electron chi connectivity index (χ3n) is 3.51. The molecule has 1 rings (SSSR count). The molecule has 0 aromatic carbocycles. The molecule has 0 saturated carbocycles. The van der Waals surface area contributed by atoms with Gasteiger partial charge in [-0.15, -0.1) is 0 Å². The molecule has 0 bridgehead atoms. The van der Waals surface area contributed by atoms with Crippen molar-refractivity contribution in [2.24, 2.45) is 11.3 Å². The van der Waals surface area contributed by atoms with Crippen LogP contribution >= 0.6 is 0 Å². The zero-order valence-electron chi connectivity index (χ0n) is 12.8. The van der Waals surface area contributed by atoms with Gasteiger partial charge in [0.1, 0.15) is 6.04 Å². The number of nitrogens with zero attached hydrogens (tertiary/aromatic N) is 1. The lowest BCUT2D eigenvalue weighted by Gasteiger charge is -2.31. The van der Waals surface area contributed by atoms with E-state index in [2.05, 4.69) is 5.32 Å². The lowest BCUT2D eigenvalue weighted by Crippen LogP contribution is -2.53. The number of urea groups is 1. The largest absolute Gasteiger partial charge is 0.480 e. The van der Waals surface area contributed by atoms with Gasteiger partial charge in [-0.1, -0.05) is 20.8 Å². The molecule has 2 amide bonds. The van der Waals surface area contributed by atoms with Gasteiger partial charge in [0.25, 0.3) is 0 Å². The van der Waals surface area contributed by atoms with Crippen LogP contribution in [-0.2, 0) is 9.53 Å². The highest BCUT2D eigenvalue weighted by molar-refractivity contribution is 5.83. The molecule has 1 heterocycles. The molecule has 1 fully saturated rings. The summed E-state index contributed by atoms with van der Waals surface area (Å²) in [5.74, 6) is -0.683. The van der Waals surface area contributed by atoms with Gasteiger partial charge >= 0.3 is 12.0 Å². The Labute approximate surface area is 120 Å². The molecule has 2 atom stereocenters. The maximum Gasteiger partial charge on any atom is 0.326 e. The van der Waals surface area contributed by atoms with Crippen LogP contribution in [0.1, 0.15) is 33.6 Å². The van der Waals surface area contributed by atoms with Crippen LogP contribution in [0, 0.1) is 11.3 Å².